The first kappa shape index (κ1) is 16.7. The summed E-state index contributed by atoms with van der Waals surface area (Å²) in [5, 5.41) is 3.28. The third kappa shape index (κ3) is 4.97. The Morgan fingerprint density at radius 2 is 1.40 bits per heavy atom. The van der Waals surface area contributed by atoms with Crippen LogP contribution in [0.1, 0.15) is 24.2 Å². The van der Waals surface area contributed by atoms with E-state index in [0.717, 1.165) is 13.1 Å². The third-order valence-corrected chi connectivity index (χ3v) is 3.02. The molecule has 20 heavy (non-hydrogen) atoms. The summed E-state index contributed by atoms with van der Waals surface area (Å²) in [6.45, 7) is 4.67. The number of likely N-dealkylation sites (N-methyl/N-ethyl adjacent to an activating group) is 1. The molecule has 3 heteroatoms. The van der Waals surface area contributed by atoms with Gasteiger partial charge in [-0.1, -0.05) is 67.6 Å². The van der Waals surface area contributed by atoms with E-state index in [2.05, 4.69) is 60.8 Å². The topological polar surface area (TPSA) is 21.3 Å². The number of nitrogens with one attached hydrogen (secondary N) is 1. The molecule has 2 nitrogen and oxygen atoms in total. The van der Waals surface area contributed by atoms with Crippen LogP contribution in [-0.4, -0.2) is 19.7 Å². The van der Waals surface area contributed by atoms with E-state index < -0.39 is 0 Å². The van der Waals surface area contributed by atoms with Crippen LogP contribution in [0.4, 0.5) is 0 Å². The zero-order valence-corrected chi connectivity index (χ0v) is 12.5. The summed E-state index contributed by atoms with van der Waals surface area (Å²) in [4.78, 5) is 0. The molecule has 0 spiro atoms. The number of benzene rings is 2. The van der Waals surface area contributed by atoms with E-state index in [9.17, 15) is 0 Å². The lowest BCUT2D eigenvalue weighted by Gasteiger charge is -2.19. The van der Waals surface area contributed by atoms with E-state index >= 15 is 0 Å². The van der Waals surface area contributed by atoms with E-state index in [1.54, 1.807) is 0 Å². The molecule has 0 amide bonds. The molecule has 0 radical (unpaired) electrons. The second-order valence-corrected chi connectivity index (χ2v) is 4.43. The summed E-state index contributed by atoms with van der Waals surface area (Å²) in [6, 6.07) is 20.7. The Kier molecular flexibility index (Phi) is 7.97. The minimum absolute atomic E-state index is 0. The van der Waals surface area contributed by atoms with Gasteiger partial charge in [-0.15, -0.1) is 0 Å². The minimum atomic E-state index is 0. The first-order valence-electron chi connectivity index (χ1n) is 6.84. The molecule has 1 N–H and O–H groups in total. The number of hydrogen-bond acceptors (Lipinski definition) is 2. The molecule has 0 heterocycles. The van der Waals surface area contributed by atoms with Crippen LogP contribution in [0.2, 0.25) is 0 Å². The molecule has 2 aromatic rings. The molecule has 108 valence electrons. The number of ether oxygens (including phenoxy) is 1. The lowest BCUT2D eigenvalue weighted by Crippen LogP contribution is -3.00. The van der Waals surface area contributed by atoms with Crippen molar-refractivity contribution in [2.75, 3.05) is 19.7 Å². The number of rotatable bonds is 7. The molecule has 0 saturated carbocycles. The van der Waals surface area contributed by atoms with Crippen LogP contribution in [0.5, 0.6) is 0 Å². The summed E-state index contributed by atoms with van der Waals surface area (Å²) in [5.74, 6) is 0. The first-order valence-corrected chi connectivity index (χ1v) is 6.84. The average molecular weight is 291 g/mol. The molecule has 0 aliphatic carbocycles. The predicted molar refractivity (Wildman–Crippen MR) is 79.2 cm³/mol. The Morgan fingerprint density at radius 3 is 1.85 bits per heavy atom. The van der Waals surface area contributed by atoms with Crippen molar-refractivity contribution in [2.24, 2.45) is 0 Å². The van der Waals surface area contributed by atoms with Crippen molar-refractivity contribution in [3.63, 3.8) is 0 Å². The molecule has 0 saturated heterocycles. The van der Waals surface area contributed by atoms with Gasteiger partial charge in [-0.05, 0) is 17.7 Å². The van der Waals surface area contributed by atoms with Crippen molar-refractivity contribution in [1.29, 1.82) is 0 Å². The molecule has 0 bridgehead atoms. The van der Waals surface area contributed by atoms with E-state index in [1.807, 2.05) is 12.1 Å². The molecule has 0 atom stereocenters. The number of halogens is 1. The van der Waals surface area contributed by atoms with Gasteiger partial charge in [-0.2, -0.15) is 0 Å². The Morgan fingerprint density at radius 1 is 0.900 bits per heavy atom. The summed E-state index contributed by atoms with van der Waals surface area (Å²) < 4.78 is 6.05. The predicted octanol–water partition coefficient (Wildman–Crippen LogP) is 0.406. The fraction of sp³-hybridized carbons (Fsp3) is 0.294. The lowest BCUT2D eigenvalue weighted by molar-refractivity contribution is -0.00000480. The van der Waals surface area contributed by atoms with Gasteiger partial charge in [0.2, 0.25) is 0 Å². The second-order valence-electron chi connectivity index (χ2n) is 4.43. The van der Waals surface area contributed by atoms with Crippen molar-refractivity contribution >= 4 is 0 Å². The highest BCUT2D eigenvalue weighted by atomic mass is 35.5. The van der Waals surface area contributed by atoms with Crippen molar-refractivity contribution in [3.8, 4) is 0 Å². The van der Waals surface area contributed by atoms with Crippen molar-refractivity contribution in [3.05, 3.63) is 71.8 Å². The summed E-state index contributed by atoms with van der Waals surface area (Å²) >= 11 is 0. The molecule has 0 aliphatic rings. The van der Waals surface area contributed by atoms with Gasteiger partial charge in [-0.3, -0.25) is 0 Å². The molecule has 0 aliphatic heterocycles. The van der Waals surface area contributed by atoms with E-state index in [1.165, 1.54) is 11.1 Å². The van der Waals surface area contributed by atoms with Crippen LogP contribution >= 0.6 is 0 Å². The van der Waals surface area contributed by atoms with E-state index in [-0.39, 0.29) is 18.5 Å². The Bertz CT molecular complexity index is 421. The van der Waals surface area contributed by atoms with Gasteiger partial charge in [0.15, 0.2) is 0 Å². The van der Waals surface area contributed by atoms with Gasteiger partial charge >= 0.3 is 0 Å². The van der Waals surface area contributed by atoms with Crippen molar-refractivity contribution < 1.29 is 17.1 Å². The fourth-order valence-electron chi connectivity index (χ4n) is 2.07. The normalized spacial score (nSPS) is 10.3. The van der Waals surface area contributed by atoms with Crippen LogP contribution in [0, 0.1) is 0 Å². The SMILES string of the molecule is CCNCCOC(c1ccccc1)c1ccccc1.[Cl-]. The van der Waals surface area contributed by atoms with Gasteiger partial charge in [0.25, 0.3) is 0 Å². The van der Waals surface area contributed by atoms with Gasteiger partial charge < -0.3 is 22.5 Å². The molecule has 2 rings (SSSR count). The molecule has 0 unspecified atom stereocenters. The van der Waals surface area contributed by atoms with Gasteiger partial charge in [0.1, 0.15) is 6.10 Å². The zero-order valence-electron chi connectivity index (χ0n) is 11.8. The fourth-order valence-corrected chi connectivity index (χ4v) is 2.07. The molecular formula is C17H21ClNO-. The van der Waals surface area contributed by atoms with Crippen LogP contribution in [-0.2, 0) is 4.74 Å². The lowest BCUT2D eigenvalue weighted by atomic mass is 10.0. The number of hydrogen-bond donors (Lipinski definition) is 1. The standard InChI is InChI=1S/C17H21NO.ClH/c1-2-18-13-14-19-17(15-9-5-3-6-10-15)16-11-7-4-8-12-16;/h3-12,17-18H,2,13-14H2,1H3;1H/p-1. The smallest absolute Gasteiger partial charge is 0.108 e. The van der Waals surface area contributed by atoms with Crippen LogP contribution in [0.3, 0.4) is 0 Å². The summed E-state index contributed by atoms with van der Waals surface area (Å²) in [6.07, 6.45) is 0.0149. The van der Waals surface area contributed by atoms with Gasteiger partial charge in [0, 0.05) is 6.54 Å². The Balaban J connectivity index is 0.00000200. The quantitative estimate of drug-likeness (QED) is 0.746. The van der Waals surface area contributed by atoms with E-state index in [0.29, 0.717) is 6.61 Å². The maximum atomic E-state index is 6.05. The van der Waals surface area contributed by atoms with Crippen molar-refractivity contribution in [2.45, 2.75) is 13.0 Å². The van der Waals surface area contributed by atoms with Crippen LogP contribution < -0.4 is 17.7 Å². The largest absolute Gasteiger partial charge is 1.00 e. The van der Waals surface area contributed by atoms with Gasteiger partial charge in [-0.25, -0.2) is 0 Å². The first-order chi connectivity index (χ1) is 9.42. The molecule has 2 aromatic carbocycles. The summed E-state index contributed by atoms with van der Waals surface area (Å²) in [5.41, 5.74) is 2.40. The maximum Gasteiger partial charge on any atom is 0.108 e. The van der Waals surface area contributed by atoms with Crippen LogP contribution in [0.15, 0.2) is 60.7 Å². The molecule has 0 aromatic heterocycles. The highest BCUT2D eigenvalue weighted by Crippen LogP contribution is 2.25. The highest BCUT2D eigenvalue weighted by Gasteiger charge is 2.13. The maximum absolute atomic E-state index is 6.05. The Hall–Kier alpha value is -1.35. The highest BCUT2D eigenvalue weighted by molar-refractivity contribution is 5.29. The monoisotopic (exact) mass is 290 g/mol. The van der Waals surface area contributed by atoms with E-state index in [4.69, 9.17) is 4.74 Å². The third-order valence-electron chi connectivity index (χ3n) is 3.02. The van der Waals surface area contributed by atoms with Crippen molar-refractivity contribution in [1.82, 2.24) is 5.32 Å². The minimum Gasteiger partial charge on any atom is -1.00 e. The summed E-state index contributed by atoms with van der Waals surface area (Å²) in [7, 11) is 0. The molecular weight excluding hydrogens is 270 g/mol. The molecule has 0 fully saturated rings. The average Bonchev–Trinajstić information content (AvgIpc) is 2.49. The zero-order chi connectivity index (χ0) is 13.3. The van der Waals surface area contributed by atoms with Gasteiger partial charge in [0.05, 0.1) is 6.61 Å². The Labute approximate surface area is 127 Å². The second kappa shape index (κ2) is 9.54. The van der Waals surface area contributed by atoms with Crippen LogP contribution in [0.25, 0.3) is 0 Å².